The monoisotopic (exact) mass is 225 g/mol. The molecule has 1 saturated carbocycles. The first-order valence-electron chi connectivity index (χ1n) is 5.57. The molecule has 0 saturated heterocycles. The highest BCUT2D eigenvalue weighted by Gasteiger charge is 2.22. The molecule has 1 aliphatic rings. The van der Waals surface area contributed by atoms with E-state index in [4.69, 9.17) is 11.6 Å². The highest BCUT2D eigenvalue weighted by atomic mass is 35.5. The van der Waals surface area contributed by atoms with E-state index in [2.05, 4.69) is 4.98 Å². The van der Waals surface area contributed by atoms with Crippen LogP contribution in [0.1, 0.15) is 43.8 Å². The maximum absolute atomic E-state index is 10.2. The van der Waals surface area contributed by atoms with E-state index in [1.54, 1.807) is 12.3 Å². The van der Waals surface area contributed by atoms with Gasteiger partial charge >= 0.3 is 0 Å². The number of aliphatic hydroxyl groups is 1. The lowest BCUT2D eigenvalue weighted by Crippen LogP contribution is -2.16. The van der Waals surface area contributed by atoms with Crippen LogP contribution < -0.4 is 0 Å². The van der Waals surface area contributed by atoms with E-state index in [9.17, 15) is 5.11 Å². The molecule has 2 rings (SSSR count). The average molecular weight is 226 g/mol. The average Bonchev–Trinajstić information content (AvgIpc) is 2.30. The fraction of sp³-hybridized carbons (Fsp3) is 0.583. The van der Waals surface area contributed by atoms with Crippen molar-refractivity contribution in [3.05, 3.63) is 29.0 Å². The minimum Gasteiger partial charge on any atom is -0.388 e. The second-order valence-electron chi connectivity index (χ2n) is 4.26. The molecule has 1 atom stereocenters. The quantitative estimate of drug-likeness (QED) is 0.784. The Morgan fingerprint density at radius 1 is 1.27 bits per heavy atom. The Bertz CT molecular complexity index is 306. The third-order valence-corrected chi connectivity index (χ3v) is 3.41. The summed E-state index contributed by atoms with van der Waals surface area (Å²) in [4.78, 5) is 4.00. The molecule has 0 radical (unpaired) electrons. The number of aromatic nitrogens is 1. The largest absolute Gasteiger partial charge is 0.388 e. The second kappa shape index (κ2) is 4.95. The Morgan fingerprint density at radius 3 is 2.60 bits per heavy atom. The summed E-state index contributed by atoms with van der Waals surface area (Å²) < 4.78 is 0. The van der Waals surface area contributed by atoms with Crippen molar-refractivity contribution in [3.8, 4) is 0 Å². The van der Waals surface area contributed by atoms with Crippen molar-refractivity contribution >= 4 is 11.6 Å². The van der Waals surface area contributed by atoms with E-state index in [1.807, 2.05) is 6.07 Å². The predicted molar refractivity (Wildman–Crippen MR) is 60.8 cm³/mol. The molecule has 1 aromatic heterocycles. The molecule has 1 fully saturated rings. The van der Waals surface area contributed by atoms with Gasteiger partial charge in [-0.25, -0.2) is 4.98 Å². The Balaban J connectivity index is 2.05. The predicted octanol–water partition coefficient (Wildman–Crippen LogP) is 3.35. The van der Waals surface area contributed by atoms with Crippen LogP contribution in [-0.2, 0) is 0 Å². The molecule has 3 heteroatoms. The third kappa shape index (κ3) is 2.70. The Labute approximate surface area is 95.3 Å². The lowest BCUT2D eigenvalue weighted by molar-refractivity contribution is 0.0845. The Morgan fingerprint density at radius 2 is 2.00 bits per heavy atom. The van der Waals surface area contributed by atoms with E-state index in [1.165, 1.54) is 19.3 Å². The van der Waals surface area contributed by atoms with Gasteiger partial charge in [0, 0.05) is 6.20 Å². The van der Waals surface area contributed by atoms with Crippen LogP contribution in [0.5, 0.6) is 0 Å². The molecule has 1 unspecified atom stereocenters. The molecule has 82 valence electrons. The highest BCUT2D eigenvalue weighted by Crippen LogP contribution is 2.34. The van der Waals surface area contributed by atoms with Crippen LogP contribution >= 0.6 is 11.6 Å². The van der Waals surface area contributed by atoms with Crippen LogP contribution in [0.15, 0.2) is 18.3 Å². The smallest absolute Gasteiger partial charge is 0.129 e. The number of rotatable bonds is 2. The number of nitrogens with zero attached hydrogens (tertiary/aromatic N) is 1. The molecule has 1 aliphatic carbocycles. The third-order valence-electron chi connectivity index (χ3n) is 3.19. The van der Waals surface area contributed by atoms with Crippen LogP contribution in [0, 0.1) is 5.92 Å². The number of pyridine rings is 1. The lowest BCUT2D eigenvalue weighted by Gasteiger charge is -2.26. The molecule has 0 spiro atoms. The van der Waals surface area contributed by atoms with Crippen LogP contribution in [0.3, 0.4) is 0 Å². The van der Waals surface area contributed by atoms with Gasteiger partial charge in [-0.15, -0.1) is 0 Å². The van der Waals surface area contributed by atoms with Crippen LogP contribution in [0.25, 0.3) is 0 Å². The molecule has 2 nitrogen and oxygen atoms in total. The zero-order chi connectivity index (χ0) is 10.7. The molecule has 0 aliphatic heterocycles. The minimum absolute atomic E-state index is 0.366. The standard InChI is InChI=1S/C12H16ClNO/c13-11-7-6-10(8-14-11)12(15)9-4-2-1-3-5-9/h6-9,12,15H,1-5H2. The molecule has 0 amide bonds. The van der Waals surface area contributed by atoms with Gasteiger partial charge in [0.1, 0.15) is 5.15 Å². The van der Waals surface area contributed by atoms with Gasteiger partial charge in [-0.05, 0) is 30.4 Å². The van der Waals surface area contributed by atoms with Crippen molar-refractivity contribution in [1.82, 2.24) is 4.98 Å². The summed E-state index contributed by atoms with van der Waals surface area (Å²) in [7, 11) is 0. The van der Waals surface area contributed by atoms with Crippen molar-refractivity contribution in [2.24, 2.45) is 5.92 Å². The van der Waals surface area contributed by atoms with E-state index in [-0.39, 0.29) is 6.10 Å². The van der Waals surface area contributed by atoms with Gasteiger partial charge in [-0.1, -0.05) is 36.9 Å². The maximum atomic E-state index is 10.2. The van der Waals surface area contributed by atoms with E-state index < -0.39 is 0 Å². The normalized spacial score (nSPS) is 20.1. The van der Waals surface area contributed by atoms with E-state index in [0.29, 0.717) is 11.1 Å². The second-order valence-corrected chi connectivity index (χ2v) is 4.64. The summed E-state index contributed by atoms with van der Waals surface area (Å²) >= 11 is 5.71. The topological polar surface area (TPSA) is 33.1 Å². The Hall–Kier alpha value is -0.600. The van der Waals surface area contributed by atoms with Gasteiger partial charge < -0.3 is 5.11 Å². The van der Waals surface area contributed by atoms with Crippen molar-refractivity contribution in [3.63, 3.8) is 0 Å². The first-order valence-corrected chi connectivity index (χ1v) is 5.94. The van der Waals surface area contributed by atoms with Crippen LogP contribution in [-0.4, -0.2) is 10.1 Å². The highest BCUT2D eigenvalue weighted by molar-refractivity contribution is 6.29. The lowest BCUT2D eigenvalue weighted by atomic mass is 9.83. The van der Waals surface area contributed by atoms with E-state index >= 15 is 0 Å². The van der Waals surface area contributed by atoms with Crippen LogP contribution in [0.4, 0.5) is 0 Å². The summed E-state index contributed by atoms with van der Waals surface area (Å²) in [5.41, 5.74) is 0.895. The van der Waals surface area contributed by atoms with Gasteiger partial charge in [-0.2, -0.15) is 0 Å². The molecule has 0 bridgehead atoms. The molecule has 0 aromatic carbocycles. The Kier molecular flexibility index (Phi) is 3.60. The number of halogens is 1. The summed E-state index contributed by atoms with van der Waals surface area (Å²) in [6.07, 6.45) is 7.36. The van der Waals surface area contributed by atoms with Gasteiger partial charge in [0.15, 0.2) is 0 Å². The summed E-state index contributed by atoms with van der Waals surface area (Å²) in [5, 5.41) is 10.6. The van der Waals surface area contributed by atoms with Gasteiger partial charge in [0.2, 0.25) is 0 Å². The molecular weight excluding hydrogens is 210 g/mol. The fourth-order valence-corrected chi connectivity index (χ4v) is 2.40. The van der Waals surface area contributed by atoms with Crippen molar-refractivity contribution in [2.75, 3.05) is 0 Å². The fourth-order valence-electron chi connectivity index (χ4n) is 2.28. The zero-order valence-electron chi connectivity index (χ0n) is 8.69. The number of hydrogen-bond donors (Lipinski definition) is 1. The maximum Gasteiger partial charge on any atom is 0.129 e. The molecular formula is C12H16ClNO. The molecule has 15 heavy (non-hydrogen) atoms. The first-order chi connectivity index (χ1) is 7.27. The molecule has 1 heterocycles. The van der Waals surface area contributed by atoms with Gasteiger partial charge in [0.05, 0.1) is 6.10 Å². The molecule has 1 aromatic rings. The minimum atomic E-state index is -0.366. The first kappa shape index (κ1) is 10.9. The molecule has 1 N–H and O–H groups in total. The number of hydrogen-bond acceptors (Lipinski definition) is 2. The number of aliphatic hydroxyl groups excluding tert-OH is 1. The SMILES string of the molecule is OC(c1ccc(Cl)nc1)C1CCCCC1. The van der Waals surface area contributed by atoms with Gasteiger partial charge in [0.25, 0.3) is 0 Å². The summed E-state index contributed by atoms with van der Waals surface area (Å²) in [6, 6.07) is 3.61. The zero-order valence-corrected chi connectivity index (χ0v) is 9.45. The van der Waals surface area contributed by atoms with Crippen molar-refractivity contribution in [1.29, 1.82) is 0 Å². The van der Waals surface area contributed by atoms with Crippen LogP contribution in [0.2, 0.25) is 5.15 Å². The van der Waals surface area contributed by atoms with E-state index in [0.717, 1.165) is 18.4 Å². The summed E-state index contributed by atoms with van der Waals surface area (Å²) in [6.45, 7) is 0. The van der Waals surface area contributed by atoms with Crippen molar-refractivity contribution < 1.29 is 5.11 Å². The van der Waals surface area contributed by atoms with Gasteiger partial charge in [-0.3, -0.25) is 0 Å². The summed E-state index contributed by atoms with van der Waals surface area (Å²) in [5.74, 6) is 0.404. The van der Waals surface area contributed by atoms with Crippen molar-refractivity contribution in [2.45, 2.75) is 38.2 Å².